The van der Waals surface area contributed by atoms with E-state index in [1.165, 1.54) is 12.0 Å². The number of halogens is 2. The second kappa shape index (κ2) is 8.20. The molecule has 2 aliphatic carbocycles. The van der Waals surface area contributed by atoms with E-state index >= 15 is 0 Å². The molecule has 0 saturated carbocycles. The molecule has 0 bridgehead atoms. The number of fused-ring (bicyclic) bond motifs is 1. The maximum atomic E-state index is 2.53. The SMILES string of the molecule is C[Si](C)=[P+]1C2=CC=CC2=CC1C1=CC=CC1.[Cl-].[Cl-].[Zr+2]. The summed E-state index contributed by atoms with van der Waals surface area (Å²) in [6, 6.07) is 0. The van der Waals surface area contributed by atoms with Crippen molar-refractivity contribution in [1.29, 1.82) is 0 Å². The topological polar surface area (TPSA) is 0 Å². The van der Waals surface area contributed by atoms with E-state index in [9.17, 15) is 0 Å². The summed E-state index contributed by atoms with van der Waals surface area (Å²) in [6.07, 6.45) is 17.4. The van der Waals surface area contributed by atoms with Gasteiger partial charge in [-0.1, -0.05) is 30.4 Å². The second-order valence-electron chi connectivity index (χ2n) is 4.67. The first kappa shape index (κ1) is 19.7. The first-order valence-electron chi connectivity index (χ1n) is 5.83. The molecule has 98 valence electrons. The van der Waals surface area contributed by atoms with E-state index in [4.69, 9.17) is 0 Å². The zero-order valence-electron chi connectivity index (χ0n) is 11.0. The minimum atomic E-state index is -0.214. The molecule has 0 amide bonds. The van der Waals surface area contributed by atoms with Gasteiger partial charge in [-0.25, -0.2) is 0 Å². The van der Waals surface area contributed by atoms with Crippen LogP contribution >= 0.6 is 7.06 Å². The first-order valence-corrected chi connectivity index (χ1v) is 10.6. The van der Waals surface area contributed by atoms with Gasteiger partial charge < -0.3 is 24.8 Å². The summed E-state index contributed by atoms with van der Waals surface area (Å²) in [5, 5.41) is 1.67. The number of allylic oxidation sites excluding steroid dienone is 10. The molecule has 0 aromatic heterocycles. The van der Waals surface area contributed by atoms with Gasteiger partial charge in [0.2, 0.25) is 8.05 Å². The Hall–Kier alpha value is 0.680. The minimum Gasteiger partial charge on any atom is -1.00 e. The van der Waals surface area contributed by atoms with Crippen LogP contribution in [0.25, 0.3) is 0 Å². The molecular weight excluding hydrogens is 389 g/mol. The Bertz CT molecular complexity index is 538. The fraction of sp³-hybridized carbons (Fsp3) is 0.286. The van der Waals surface area contributed by atoms with E-state index in [1.54, 1.807) is 10.9 Å². The average Bonchev–Trinajstić information content (AvgIpc) is 2.92. The molecule has 0 nitrogen and oxygen atoms in total. The first-order chi connectivity index (χ1) is 7.77. The monoisotopic (exact) mass is 403 g/mol. The van der Waals surface area contributed by atoms with Gasteiger partial charge in [0.1, 0.15) is 11.0 Å². The Labute approximate surface area is 149 Å². The Balaban J connectivity index is 0.00000108. The quantitative estimate of drug-likeness (QED) is 0.363. The van der Waals surface area contributed by atoms with Crippen LogP contribution < -0.4 is 24.8 Å². The molecule has 1 heterocycles. The normalized spacial score (nSPS) is 23.6. The summed E-state index contributed by atoms with van der Waals surface area (Å²) in [7, 11) is -0.133. The van der Waals surface area contributed by atoms with Crippen LogP contribution in [0.2, 0.25) is 13.1 Å². The van der Waals surface area contributed by atoms with Crippen LogP contribution in [0.5, 0.6) is 0 Å². The van der Waals surface area contributed by atoms with Crippen LogP contribution in [-0.4, -0.2) is 13.7 Å². The Morgan fingerprint density at radius 2 is 1.89 bits per heavy atom. The molecule has 0 aromatic carbocycles. The maximum absolute atomic E-state index is 2.53. The molecule has 0 saturated heterocycles. The van der Waals surface area contributed by atoms with E-state index in [0.717, 1.165) is 5.66 Å². The summed E-state index contributed by atoms with van der Waals surface area (Å²) in [5.74, 6) is 0. The number of hydrogen-bond donors (Lipinski definition) is 0. The average molecular weight is 405 g/mol. The van der Waals surface area contributed by atoms with E-state index in [0.29, 0.717) is 0 Å². The van der Waals surface area contributed by atoms with Crippen molar-refractivity contribution in [1.82, 2.24) is 0 Å². The fourth-order valence-corrected chi connectivity index (χ4v) is 9.95. The molecular formula is C14H16Cl2PSiZr+. The van der Waals surface area contributed by atoms with Gasteiger partial charge in [-0.05, 0) is 37.2 Å². The van der Waals surface area contributed by atoms with E-state index in [1.807, 2.05) is 0 Å². The van der Waals surface area contributed by atoms with Crippen LogP contribution in [0.15, 0.2) is 59.0 Å². The minimum absolute atomic E-state index is 0. The van der Waals surface area contributed by atoms with Gasteiger partial charge in [-0.15, -0.1) is 0 Å². The van der Waals surface area contributed by atoms with Crippen molar-refractivity contribution >= 4 is 15.1 Å². The zero-order chi connectivity index (χ0) is 11.1. The molecule has 2 atom stereocenters. The maximum Gasteiger partial charge on any atom is 2.00 e. The van der Waals surface area contributed by atoms with Gasteiger partial charge >= 0.3 is 26.2 Å². The van der Waals surface area contributed by atoms with Gasteiger partial charge in [0, 0.05) is 5.57 Å². The summed E-state index contributed by atoms with van der Waals surface area (Å²) in [6.45, 7) is 4.95. The van der Waals surface area contributed by atoms with Crippen molar-refractivity contribution in [3.05, 3.63) is 59.0 Å². The van der Waals surface area contributed by atoms with Crippen molar-refractivity contribution in [2.75, 3.05) is 0 Å². The summed E-state index contributed by atoms with van der Waals surface area (Å²) in [5.41, 5.74) is 3.92. The van der Waals surface area contributed by atoms with E-state index < -0.39 is 0 Å². The molecule has 3 rings (SSSR count). The molecule has 0 fully saturated rings. The van der Waals surface area contributed by atoms with Crippen molar-refractivity contribution in [3.8, 4) is 0 Å². The van der Waals surface area contributed by atoms with Crippen molar-refractivity contribution in [3.63, 3.8) is 0 Å². The molecule has 5 heteroatoms. The van der Waals surface area contributed by atoms with Crippen molar-refractivity contribution in [2.45, 2.75) is 25.2 Å². The van der Waals surface area contributed by atoms with Crippen molar-refractivity contribution in [2.24, 2.45) is 0 Å². The molecule has 0 radical (unpaired) electrons. The predicted molar refractivity (Wildman–Crippen MR) is 75.3 cm³/mol. The molecule has 1 aliphatic heterocycles. The fourth-order valence-electron chi connectivity index (χ4n) is 2.65. The van der Waals surface area contributed by atoms with E-state index in [2.05, 4.69) is 55.6 Å². The van der Waals surface area contributed by atoms with Gasteiger partial charge in [0.05, 0.1) is 7.06 Å². The molecule has 0 aromatic rings. The predicted octanol–water partition coefficient (Wildman–Crippen LogP) is -1.63. The third-order valence-electron chi connectivity index (χ3n) is 3.36. The second-order valence-corrected chi connectivity index (χ2v) is 12.5. The largest absolute Gasteiger partial charge is 2.00 e. The third-order valence-corrected chi connectivity index (χ3v) is 10.7. The summed E-state index contributed by atoms with van der Waals surface area (Å²) < 4.78 is 0. The van der Waals surface area contributed by atoms with Gasteiger partial charge in [-0.3, -0.25) is 0 Å². The van der Waals surface area contributed by atoms with Gasteiger partial charge in [0.15, 0.2) is 0 Å². The van der Waals surface area contributed by atoms with Gasteiger partial charge in [0.25, 0.3) is 0 Å². The molecule has 0 N–H and O–H groups in total. The number of rotatable bonds is 1. The van der Waals surface area contributed by atoms with Crippen LogP contribution in [0, 0.1) is 0 Å². The zero-order valence-corrected chi connectivity index (χ0v) is 16.9. The van der Waals surface area contributed by atoms with Crippen LogP contribution in [0.3, 0.4) is 0 Å². The standard InChI is InChI=1S/C14H16PSi.2ClH.Zr/c1-16(2)15-13-9-5-8-12(13)10-14(15)11-6-3-4-7-11;;;/h3-6,8-10,14H,7H2,1-2H3;2*1H;/q+1;;;+2/p-2. The third kappa shape index (κ3) is 3.66. The molecule has 3 aliphatic rings. The molecule has 2 unspecified atom stereocenters. The Morgan fingerprint density at radius 1 is 1.16 bits per heavy atom. The van der Waals surface area contributed by atoms with Gasteiger partial charge in [-0.2, -0.15) is 0 Å². The molecule has 0 spiro atoms. The van der Waals surface area contributed by atoms with Crippen molar-refractivity contribution < 1.29 is 51.0 Å². The van der Waals surface area contributed by atoms with Crippen LogP contribution in [0.4, 0.5) is 0 Å². The van der Waals surface area contributed by atoms with Crippen LogP contribution in [-0.2, 0) is 26.2 Å². The number of hydrogen-bond acceptors (Lipinski definition) is 0. The van der Waals surface area contributed by atoms with E-state index in [-0.39, 0.29) is 66.1 Å². The smallest absolute Gasteiger partial charge is 1.00 e. The molecule has 19 heavy (non-hydrogen) atoms. The summed E-state index contributed by atoms with van der Waals surface area (Å²) >= 11 is 0. The van der Waals surface area contributed by atoms with Crippen LogP contribution in [0.1, 0.15) is 6.42 Å². The Morgan fingerprint density at radius 3 is 2.47 bits per heavy atom. The summed E-state index contributed by atoms with van der Waals surface area (Å²) in [4.78, 5) is 0. The Kier molecular flexibility index (Phi) is 8.50.